The van der Waals surface area contributed by atoms with Gasteiger partial charge in [-0.2, -0.15) is 0 Å². The Balaban J connectivity index is 1.31. The number of H-pyrrole nitrogens is 1. The zero-order chi connectivity index (χ0) is 28.1. The highest BCUT2D eigenvalue weighted by atomic mass is 19.1. The van der Waals surface area contributed by atoms with Gasteiger partial charge in [0.2, 0.25) is 18.1 Å². The standard InChI is InChI=1S/C30H33FN6O3/c1-19(2)34-29-32-14-13-23(35-29)26-25(21-9-11-22(31)12-10-21)36-27(37-26)28-39-17-30(3,18-40-28)16-33-24(38)15-20-7-5-4-6-8-20/h4-14,19,28H,15-18H2,1-3H3,(H,33,38)(H,36,37)(H,32,34,35). The number of imidazole rings is 1. The number of carbonyl (C=O) groups is 1. The number of nitrogens with one attached hydrogen (secondary N) is 3. The highest BCUT2D eigenvalue weighted by molar-refractivity contribution is 5.78. The summed E-state index contributed by atoms with van der Waals surface area (Å²) in [6.45, 7) is 7.17. The van der Waals surface area contributed by atoms with Crippen LogP contribution in [0, 0.1) is 11.2 Å². The molecule has 40 heavy (non-hydrogen) atoms. The third kappa shape index (κ3) is 6.70. The summed E-state index contributed by atoms with van der Waals surface area (Å²) >= 11 is 0. The van der Waals surface area contributed by atoms with Crippen LogP contribution >= 0.6 is 0 Å². The fourth-order valence-electron chi connectivity index (χ4n) is 4.39. The van der Waals surface area contributed by atoms with E-state index in [-0.39, 0.29) is 17.8 Å². The van der Waals surface area contributed by atoms with Crippen LogP contribution in [-0.2, 0) is 20.7 Å². The fourth-order valence-corrected chi connectivity index (χ4v) is 4.39. The Morgan fingerprint density at radius 3 is 2.50 bits per heavy atom. The average Bonchev–Trinajstić information content (AvgIpc) is 3.39. The number of carbonyl (C=O) groups excluding carboxylic acids is 1. The number of rotatable bonds is 9. The zero-order valence-corrected chi connectivity index (χ0v) is 22.8. The largest absolute Gasteiger partial charge is 0.355 e. The summed E-state index contributed by atoms with van der Waals surface area (Å²) < 4.78 is 25.9. The van der Waals surface area contributed by atoms with Crippen molar-refractivity contribution in [1.29, 1.82) is 0 Å². The van der Waals surface area contributed by atoms with E-state index in [2.05, 4.69) is 25.6 Å². The molecule has 0 radical (unpaired) electrons. The molecule has 0 aliphatic carbocycles. The van der Waals surface area contributed by atoms with Gasteiger partial charge in [0.05, 0.1) is 36.7 Å². The van der Waals surface area contributed by atoms with E-state index in [0.717, 1.165) is 11.1 Å². The molecular formula is C30H33FN6O3. The van der Waals surface area contributed by atoms with Crippen molar-refractivity contribution >= 4 is 11.9 Å². The van der Waals surface area contributed by atoms with Crippen molar-refractivity contribution in [1.82, 2.24) is 25.3 Å². The predicted molar refractivity (Wildman–Crippen MR) is 150 cm³/mol. The molecule has 208 valence electrons. The summed E-state index contributed by atoms with van der Waals surface area (Å²) in [5, 5.41) is 6.21. The molecule has 10 heteroatoms. The first kappa shape index (κ1) is 27.4. The molecule has 0 spiro atoms. The van der Waals surface area contributed by atoms with Gasteiger partial charge in [-0.15, -0.1) is 0 Å². The lowest BCUT2D eigenvalue weighted by Crippen LogP contribution is -2.45. The second kappa shape index (κ2) is 11.9. The molecule has 1 aliphatic rings. The van der Waals surface area contributed by atoms with Crippen LogP contribution in [0.2, 0.25) is 0 Å². The smallest absolute Gasteiger partial charge is 0.224 e. The summed E-state index contributed by atoms with van der Waals surface area (Å²) in [7, 11) is 0. The summed E-state index contributed by atoms with van der Waals surface area (Å²) in [6, 6.07) is 17.7. The quantitative estimate of drug-likeness (QED) is 0.275. The van der Waals surface area contributed by atoms with E-state index in [9.17, 15) is 9.18 Å². The van der Waals surface area contributed by atoms with Gasteiger partial charge in [0.25, 0.3) is 0 Å². The molecule has 4 aromatic rings. The lowest BCUT2D eigenvalue weighted by Gasteiger charge is -2.36. The number of ether oxygens (including phenoxy) is 2. The van der Waals surface area contributed by atoms with Crippen LogP contribution < -0.4 is 10.6 Å². The lowest BCUT2D eigenvalue weighted by molar-refractivity contribution is -0.232. The molecule has 0 saturated carbocycles. The maximum absolute atomic E-state index is 13.7. The summed E-state index contributed by atoms with van der Waals surface area (Å²) in [6.07, 6.45) is 1.25. The van der Waals surface area contributed by atoms with Crippen molar-refractivity contribution in [3.8, 4) is 22.6 Å². The maximum atomic E-state index is 13.7. The zero-order valence-electron chi connectivity index (χ0n) is 22.8. The average molecular weight is 545 g/mol. The number of benzene rings is 2. The molecule has 1 fully saturated rings. The van der Waals surface area contributed by atoms with Crippen LogP contribution in [0.25, 0.3) is 22.6 Å². The van der Waals surface area contributed by atoms with E-state index in [1.165, 1.54) is 12.1 Å². The minimum atomic E-state index is -0.740. The van der Waals surface area contributed by atoms with Crippen LogP contribution in [0.1, 0.15) is 38.4 Å². The molecule has 2 aromatic heterocycles. The van der Waals surface area contributed by atoms with Gasteiger partial charge < -0.3 is 25.1 Å². The highest BCUT2D eigenvalue weighted by Gasteiger charge is 2.35. The summed E-state index contributed by atoms with van der Waals surface area (Å²) in [4.78, 5) is 29.5. The van der Waals surface area contributed by atoms with Crippen molar-refractivity contribution in [2.24, 2.45) is 5.41 Å². The van der Waals surface area contributed by atoms with Crippen molar-refractivity contribution in [2.45, 2.75) is 39.5 Å². The fraction of sp³-hybridized carbons (Fsp3) is 0.333. The number of hydrogen-bond acceptors (Lipinski definition) is 7. The summed E-state index contributed by atoms with van der Waals surface area (Å²) in [5.74, 6) is 0.580. The third-order valence-electron chi connectivity index (χ3n) is 6.48. The first-order valence-corrected chi connectivity index (χ1v) is 13.3. The van der Waals surface area contributed by atoms with E-state index in [4.69, 9.17) is 14.5 Å². The van der Waals surface area contributed by atoms with Crippen molar-refractivity contribution in [3.63, 3.8) is 0 Å². The van der Waals surface area contributed by atoms with E-state index < -0.39 is 11.7 Å². The molecule has 1 amide bonds. The number of halogens is 1. The van der Waals surface area contributed by atoms with Gasteiger partial charge in [-0.3, -0.25) is 4.79 Å². The van der Waals surface area contributed by atoms with E-state index in [1.54, 1.807) is 24.4 Å². The second-order valence-electron chi connectivity index (χ2n) is 10.6. The van der Waals surface area contributed by atoms with Crippen LogP contribution in [0.3, 0.4) is 0 Å². The minimum Gasteiger partial charge on any atom is -0.355 e. The Hall–Kier alpha value is -4.15. The van der Waals surface area contributed by atoms with Crippen LogP contribution in [-0.4, -0.2) is 51.6 Å². The molecule has 2 aromatic carbocycles. The monoisotopic (exact) mass is 544 g/mol. The maximum Gasteiger partial charge on any atom is 0.224 e. The van der Waals surface area contributed by atoms with Gasteiger partial charge in [-0.1, -0.05) is 37.3 Å². The van der Waals surface area contributed by atoms with E-state index in [1.807, 2.05) is 51.1 Å². The number of aromatic nitrogens is 4. The second-order valence-corrected chi connectivity index (χ2v) is 10.6. The van der Waals surface area contributed by atoms with Gasteiger partial charge >= 0.3 is 0 Å². The van der Waals surface area contributed by atoms with Crippen LogP contribution in [0.5, 0.6) is 0 Å². The SMILES string of the molecule is CC(C)Nc1nccc(-c2[nH]c(C3OCC(C)(CNC(=O)Cc4ccccc4)CO3)nc2-c2ccc(F)cc2)n1. The number of hydrogen-bond donors (Lipinski definition) is 3. The van der Waals surface area contributed by atoms with Gasteiger partial charge in [-0.25, -0.2) is 19.3 Å². The molecule has 0 unspecified atom stereocenters. The van der Waals surface area contributed by atoms with Crippen LogP contribution in [0.4, 0.5) is 10.3 Å². The van der Waals surface area contributed by atoms with Gasteiger partial charge in [-0.05, 0) is 49.7 Å². The molecule has 1 saturated heterocycles. The summed E-state index contributed by atoms with van der Waals surface area (Å²) in [5.41, 5.74) is 3.14. The first-order valence-electron chi connectivity index (χ1n) is 13.3. The topological polar surface area (TPSA) is 114 Å². The molecule has 1 aliphatic heterocycles. The Morgan fingerprint density at radius 1 is 1.07 bits per heavy atom. The minimum absolute atomic E-state index is 0.0506. The number of aromatic amines is 1. The molecule has 5 rings (SSSR count). The van der Waals surface area contributed by atoms with E-state index in [0.29, 0.717) is 55.0 Å². The van der Waals surface area contributed by atoms with Crippen molar-refractivity contribution in [3.05, 3.63) is 84.1 Å². The Morgan fingerprint density at radius 2 is 1.80 bits per heavy atom. The molecule has 9 nitrogen and oxygen atoms in total. The van der Waals surface area contributed by atoms with Gasteiger partial charge in [0.15, 0.2) is 5.82 Å². The van der Waals surface area contributed by atoms with Gasteiger partial charge in [0.1, 0.15) is 5.82 Å². The Kier molecular flexibility index (Phi) is 8.18. The van der Waals surface area contributed by atoms with Gasteiger partial charge in [0, 0.05) is 29.8 Å². The number of anilines is 1. The molecule has 0 bridgehead atoms. The molecule has 0 atom stereocenters. The predicted octanol–water partition coefficient (Wildman–Crippen LogP) is 4.90. The Labute approximate surface area is 232 Å². The lowest BCUT2D eigenvalue weighted by atomic mass is 9.92. The highest BCUT2D eigenvalue weighted by Crippen LogP contribution is 2.35. The number of nitrogens with zero attached hydrogens (tertiary/aromatic N) is 3. The van der Waals surface area contributed by atoms with E-state index >= 15 is 0 Å². The van der Waals surface area contributed by atoms with Crippen molar-refractivity contribution in [2.75, 3.05) is 25.1 Å². The third-order valence-corrected chi connectivity index (χ3v) is 6.48. The Bertz CT molecular complexity index is 1430. The molecular weight excluding hydrogens is 511 g/mol. The molecule has 3 heterocycles. The normalized spacial score (nSPS) is 19.0. The number of amides is 1. The first-order chi connectivity index (χ1) is 19.3. The van der Waals surface area contributed by atoms with Crippen molar-refractivity contribution < 1.29 is 18.7 Å². The molecule has 3 N–H and O–H groups in total. The van der Waals surface area contributed by atoms with Crippen LogP contribution in [0.15, 0.2) is 66.9 Å².